The van der Waals surface area contributed by atoms with Crippen LogP contribution in [0, 0.1) is 18.3 Å². The smallest absolute Gasteiger partial charge is 0.0822 e. The normalized spacial score (nSPS) is 19.5. The molecule has 1 nitrogen and oxygen atoms in total. The molecule has 0 atom stereocenters. The van der Waals surface area contributed by atoms with Gasteiger partial charge in [-0.3, -0.25) is 0 Å². The molecule has 0 radical (unpaired) electrons. The van der Waals surface area contributed by atoms with E-state index < -0.39 is 0 Å². The SMILES string of the molecule is Cc1cccc(C2(C#N)CCCCC2)c1. The highest BCUT2D eigenvalue weighted by molar-refractivity contribution is 5.35. The van der Waals surface area contributed by atoms with Crippen molar-refractivity contribution in [3.63, 3.8) is 0 Å². The summed E-state index contributed by atoms with van der Waals surface area (Å²) < 4.78 is 0. The van der Waals surface area contributed by atoms with Gasteiger partial charge in [0.2, 0.25) is 0 Å². The highest BCUT2D eigenvalue weighted by Gasteiger charge is 2.33. The minimum absolute atomic E-state index is 0.190. The van der Waals surface area contributed by atoms with Gasteiger partial charge in [-0.2, -0.15) is 5.26 Å². The Morgan fingerprint density at radius 1 is 1.20 bits per heavy atom. The molecule has 0 saturated heterocycles. The van der Waals surface area contributed by atoms with Crippen molar-refractivity contribution < 1.29 is 0 Å². The van der Waals surface area contributed by atoms with Crippen LogP contribution in [0.25, 0.3) is 0 Å². The zero-order valence-corrected chi connectivity index (χ0v) is 9.29. The van der Waals surface area contributed by atoms with Gasteiger partial charge in [-0.1, -0.05) is 49.1 Å². The summed E-state index contributed by atoms with van der Waals surface area (Å²) in [6.07, 6.45) is 5.75. The van der Waals surface area contributed by atoms with Crippen LogP contribution in [0.2, 0.25) is 0 Å². The predicted molar refractivity (Wildman–Crippen MR) is 61.6 cm³/mol. The summed E-state index contributed by atoms with van der Waals surface area (Å²) in [5.41, 5.74) is 2.29. The minimum atomic E-state index is -0.190. The fraction of sp³-hybridized carbons (Fsp3) is 0.500. The molecule has 0 spiro atoms. The molecule has 1 saturated carbocycles. The predicted octanol–water partition coefficient (Wildman–Crippen LogP) is 3.72. The topological polar surface area (TPSA) is 23.8 Å². The largest absolute Gasteiger partial charge is 0.197 e. The van der Waals surface area contributed by atoms with Crippen molar-refractivity contribution in [2.75, 3.05) is 0 Å². The van der Waals surface area contributed by atoms with Gasteiger partial charge >= 0.3 is 0 Å². The van der Waals surface area contributed by atoms with E-state index in [1.54, 1.807) is 0 Å². The van der Waals surface area contributed by atoms with E-state index in [1.807, 2.05) is 0 Å². The molecule has 0 bridgehead atoms. The molecule has 0 N–H and O–H groups in total. The van der Waals surface area contributed by atoms with Crippen molar-refractivity contribution in [2.45, 2.75) is 44.4 Å². The third-order valence-corrected chi connectivity index (χ3v) is 3.49. The zero-order chi connectivity index (χ0) is 10.7. The van der Waals surface area contributed by atoms with Gasteiger partial charge in [0.1, 0.15) is 0 Å². The Morgan fingerprint density at radius 2 is 1.93 bits per heavy atom. The highest BCUT2D eigenvalue weighted by Crippen LogP contribution is 2.38. The lowest BCUT2D eigenvalue weighted by Gasteiger charge is -2.31. The maximum Gasteiger partial charge on any atom is 0.0822 e. The second kappa shape index (κ2) is 4.06. The van der Waals surface area contributed by atoms with Gasteiger partial charge in [0, 0.05) is 0 Å². The molecule has 15 heavy (non-hydrogen) atoms. The second-order valence-corrected chi connectivity index (χ2v) is 4.62. The quantitative estimate of drug-likeness (QED) is 0.676. The van der Waals surface area contributed by atoms with Crippen molar-refractivity contribution in [2.24, 2.45) is 0 Å². The van der Waals surface area contributed by atoms with E-state index in [1.165, 1.54) is 30.4 Å². The van der Waals surface area contributed by atoms with Crippen LogP contribution < -0.4 is 0 Å². The first-order valence-electron chi connectivity index (χ1n) is 5.75. The summed E-state index contributed by atoms with van der Waals surface area (Å²) in [6, 6.07) is 11.0. The molecule has 1 aromatic rings. The molecule has 1 aromatic carbocycles. The average molecular weight is 199 g/mol. The summed E-state index contributed by atoms with van der Waals surface area (Å²) >= 11 is 0. The Kier molecular flexibility index (Phi) is 2.77. The van der Waals surface area contributed by atoms with Crippen LogP contribution in [-0.4, -0.2) is 0 Å². The van der Waals surface area contributed by atoms with Crippen LogP contribution in [0.3, 0.4) is 0 Å². The van der Waals surface area contributed by atoms with E-state index in [2.05, 4.69) is 37.3 Å². The van der Waals surface area contributed by atoms with E-state index >= 15 is 0 Å². The van der Waals surface area contributed by atoms with Crippen LogP contribution in [-0.2, 0) is 5.41 Å². The van der Waals surface area contributed by atoms with Gasteiger partial charge in [0.15, 0.2) is 0 Å². The summed E-state index contributed by atoms with van der Waals surface area (Å²) in [5.74, 6) is 0. The molecule has 1 aliphatic rings. The summed E-state index contributed by atoms with van der Waals surface area (Å²) in [6.45, 7) is 2.09. The summed E-state index contributed by atoms with van der Waals surface area (Å²) in [5, 5.41) is 9.44. The fourth-order valence-electron chi connectivity index (χ4n) is 2.56. The Hall–Kier alpha value is -1.29. The van der Waals surface area contributed by atoms with Gasteiger partial charge in [-0.25, -0.2) is 0 Å². The number of nitriles is 1. The molecular weight excluding hydrogens is 182 g/mol. The summed E-state index contributed by atoms with van der Waals surface area (Å²) in [4.78, 5) is 0. The first-order valence-corrected chi connectivity index (χ1v) is 5.75. The molecule has 78 valence electrons. The van der Waals surface area contributed by atoms with Gasteiger partial charge in [0.05, 0.1) is 11.5 Å². The standard InChI is InChI=1S/C14H17N/c1-12-6-5-7-13(10-12)14(11-15)8-3-2-4-9-14/h5-7,10H,2-4,8-9H2,1H3. The number of aryl methyl sites for hydroxylation is 1. The fourth-order valence-corrected chi connectivity index (χ4v) is 2.56. The molecule has 1 aliphatic carbocycles. The van der Waals surface area contributed by atoms with Gasteiger partial charge in [0.25, 0.3) is 0 Å². The zero-order valence-electron chi connectivity index (χ0n) is 9.29. The first-order chi connectivity index (χ1) is 7.27. The maximum atomic E-state index is 9.44. The van der Waals surface area contributed by atoms with E-state index in [4.69, 9.17) is 0 Å². The molecule has 0 aliphatic heterocycles. The maximum absolute atomic E-state index is 9.44. The number of hydrogen-bond donors (Lipinski definition) is 0. The van der Waals surface area contributed by atoms with Crippen molar-refractivity contribution in [1.82, 2.24) is 0 Å². The van der Waals surface area contributed by atoms with Crippen LogP contribution in [0.4, 0.5) is 0 Å². The minimum Gasteiger partial charge on any atom is -0.197 e. The van der Waals surface area contributed by atoms with Crippen LogP contribution in [0.5, 0.6) is 0 Å². The van der Waals surface area contributed by atoms with Crippen molar-refractivity contribution in [3.05, 3.63) is 35.4 Å². The van der Waals surface area contributed by atoms with Gasteiger partial charge in [-0.05, 0) is 25.3 Å². The van der Waals surface area contributed by atoms with Crippen LogP contribution >= 0.6 is 0 Å². The van der Waals surface area contributed by atoms with Crippen molar-refractivity contribution in [1.29, 1.82) is 5.26 Å². The molecule has 0 aromatic heterocycles. The Balaban J connectivity index is 2.37. The first kappa shape index (κ1) is 10.2. The second-order valence-electron chi connectivity index (χ2n) is 4.62. The molecule has 0 amide bonds. The lowest BCUT2D eigenvalue weighted by atomic mass is 9.70. The third-order valence-electron chi connectivity index (χ3n) is 3.49. The average Bonchev–Trinajstić information content (AvgIpc) is 2.30. The van der Waals surface area contributed by atoms with E-state index in [0.717, 1.165) is 12.8 Å². The molecule has 1 heteroatoms. The number of rotatable bonds is 1. The van der Waals surface area contributed by atoms with Crippen LogP contribution in [0.1, 0.15) is 43.2 Å². The molecule has 0 heterocycles. The Labute approximate surface area is 91.7 Å². The monoisotopic (exact) mass is 199 g/mol. The number of nitrogens with zero attached hydrogens (tertiary/aromatic N) is 1. The summed E-state index contributed by atoms with van der Waals surface area (Å²) in [7, 11) is 0. The van der Waals surface area contributed by atoms with Crippen molar-refractivity contribution >= 4 is 0 Å². The highest BCUT2D eigenvalue weighted by atomic mass is 14.4. The molecule has 0 unspecified atom stereocenters. The lowest BCUT2D eigenvalue weighted by molar-refractivity contribution is 0.366. The Morgan fingerprint density at radius 3 is 2.53 bits per heavy atom. The molecule has 2 rings (SSSR count). The third kappa shape index (κ3) is 1.90. The van der Waals surface area contributed by atoms with E-state index in [-0.39, 0.29) is 5.41 Å². The lowest BCUT2D eigenvalue weighted by Crippen LogP contribution is -2.27. The molecule has 1 fully saturated rings. The van der Waals surface area contributed by atoms with Gasteiger partial charge < -0.3 is 0 Å². The Bertz CT molecular complexity index is 381. The van der Waals surface area contributed by atoms with E-state index in [0.29, 0.717) is 0 Å². The number of hydrogen-bond acceptors (Lipinski definition) is 1. The van der Waals surface area contributed by atoms with Gasteiger partial charge in [-0.15, -0.1) is 0 Å². The van der Waals surface area contributed by atoms with Crippen molar-refractivity contribution in [3.8, 4) is 6.07 Å². The van der Waals surface area contributed by atoms with Crippen LogP contribution in [0.15, 0.2) is 24.3 Å². The van der Waals surface area contributed by atoms with E-state index in [9.17, 15) is 5.26 Å². The number of benzene rings is 1. The molecular formula is C14H17N.